The summed E-state index contributed by atoms with van der Waals surface area (Å²) in [7, 11) is 0. The fourth-order valence-electron chi connectivity index (χ4n) is 3.18. The van der Waals surface area contributed by atoms with Gasteiger partial charge >= 0.3 is 0 Å². The van der Waals surface area contributed by atoms with Crippen molar-refractivity contribution in [2.45, 2.75) is 38.8 Å². The highest BCUT2D eigenvalue weighted by molar-refractivity contribution is 5.78. The van der Waals surface area contributed by atoms with Gasteiger partial charge in [-0.05, 0) is 42.6 Å². The van der Waals surface area contributed by atoms with Crippen LogP contribution in [0.2, 0.25) is 0 Å². The van der Waals surface area contributed by atoms with Crippen LogP contribution in [0.5, 0.6) is 0 Å². The summed E-state index contributed by atoms with van der Waals surface area (Å²) in [5.74, 6) is 0.0681. The monoisotopic (exact) mass is 322 g/mol. The van der Waals surface area contributed by atoms with Crippen molar-refractivity contribution in [1.82, 2.24) is 10.2 Å². The van der Waals surface area contributed by atoms with Gasteiger partial charge in [-0.2, -0.15) is 0 Å². The SMILES string of the molecule is O=C(Cc1ccccc1)NCc1ccc(CN2CCCCC2)cc1. The second kappa shape index (κ2) is 8.65. The molecule has 2 aromatic rings. The Balaban J connectivity index is 1.44. The maximum Gasteiger partial charge on any atom is 0.224 e. The second-order valence-corrected chi connectivity index (χ2v) is 6.59. The molecule has 1 fully saturated rings. The Labute approximate surface area is 144 Å². The zero-order valence-electron chi connectivity index (χ0n) is 14.2. The number of rotatable bonds is 6. The van der Waals surface area contributed by atoms with Crippen molar-refractivity contribution >= 4 is 5.91 Å². The summed E-state index contributed by atoms with van der Waals surface area (Å²) in [4.78, 5) is 14.5. The molecule has 0 aromatic heterocycles. The minimum atomic E-state index is 0.0681. The van der Waals surface area contributed by atoms with Crippen molar-refractivity contribution in [2.24, 2.45) is 0 Å². The predicted octanol–water partition coefficient (Wildman–Crippen LogP) is 3.53. The Morgan fingerprint density at radius 1 is 0.833 bits per heavy atom. The molecule has 24 heavy (non-hydrogen) atoms. The van der Waals surface area contributed by atoms with Crippen molar-refractivity contribution in [3.63, 3.8) is 0 Å². The van der Waals surface area contributed by atoms with Gasteiger partial charge in [-0.25, -0.2) is 0 Å². The first-order valence-electron chi connectivity index (χ1n) is 8.90. The molecule has 126 valence electrons. The fraction of sp³-hybridized carbons (Fsp3) is 0.381. The van der Waals surface area contributed by atoms with Crippen LogP contribution in [0.25, 0.3) is 0 Å². The highest BCUT2D eigenvalue weighted by atomic mass is 16.1. The van der Waals surface area contributed by atoms with Crippen LogP contribution < -0.4 is 5.32 Å². The predicted molar refractivity (Wildman–Crippen MR) is 97.6 cm³/mol. The largest absolute Gasteiger partial charge is 0.352 e. The van der Waals surface area contributed by atoms with E-state index in [0.717, 1.165) is 17.7 Å². The van der Waals surface area contributed by atoms with Crippen LogP contribution in [0.1, 0.15) is 36.0 Å². The molecular weight excluding hydrogens is 296 g/mol. The minimum Gasteiger partial charge on any atom is -0.352 e. The zero-order chi connectivity index (χ0) is 16.6. The molecule has 3 rings (SSSR count). The number of carbonyl (C=O) groups is 1. The maximum absolute atomic E-state index is 12.0. The third-order valence-corrected chi connectivity index (χ3v) is 4.58. The van der Waals surface area contributed by atoms with Crippen LogP contribution in [0.15, 0.2) is 54.6 Å². The number of nitrogens with zero attached hydrogens (tertiary/aromatic N) is 1. The second-order valence-electron chi connectivity index (χ2n) is 6.59. The Bertz CT molecular complexity index is 631. The molecule has 0 atom stereocenters. The minimum absolute atomic E-state index is 0.0681. The third kappa shape index (κ3) is 5.20. The van der Waals surface area contributed by atoms with Gasteiger partial charge in [0.2, 0.25) is 5.91 Å². The topological polar surface area (TPSA) is 32.3 Å². The van der Waals surface area contributed by atoms with Crippen molar-refractivity contribution in [3.8, 4) is 0 Å². The average molecular weight is 322 g/mol. The Kier molecular flexibility index (Phi) is 6.02. The van der Waals surface area contributed by atoms with Gasteiger partial charge in [-0.15, -0.1) is 0 Å². The lowest BCUT2D eigenvalue weighted by molar-refractivity contribution is -0.120. The molecule has 2 aromatic carbocycles. The molecule has 0 unspecified atom stereocenters. The molecule has 0 aliphatic carbocycles. The summed E-state index contributed by atoms with van der Waals surface area (Å²) in [5, 5.41) is 3.00. The highest BCUT2D eigenvalue weighted by Gasteiger charge is 2.10. The Hall–Kier alpha value is -2.13. The average Bonchev–Trinajstić information content (AvgIpc) is 2.63. The van der Waals surface area contributed by atoms with E-state index in [4.69, 9.17) is 0 Å². The smallest absolute Gasteiger partial charge is 0.224 e. The number of likely N-dealkylation sites (tertiary alicyclic amines) is 1. The molecule has 1 heterocycles. The van der Waals surface area contributed by atoms with Crippen LogP contribution in [-0.4, -0.2) is 23.9 Å². The first-order valence-corrected chi connectivity index (χ1v) is 8.90. The lowest BCUT2D eigenvalue weighted by Gasteiger charge is -2.26. The van der Waals surface area contributed by atoms with Crippen molar-refractivity contribution in [1.29, 1.82) is 0 Å². The fourth-order valence-corrected chi connectivity index (χ4v) is 3.18. The van der Waals surface area contributed by atoms with Gasteiger partial charge in [0.1, 0.15) is 0 Å². The molecule has 3 nitrogen and oxygen atoms in total. The van der Waals surface area contributed by atoms with Crippen molar-refractivity contribution in [3.05, 3.63) is 71.3 Å². The summed E-state index contributed by atoms with van der Waals surface area (Å²) in [6.45, 7) is 4.07. The van der Waals surface area contributed by atoms with Gasteiger partial charge in [-0.1, -0.05) is 61.0 Å². The molecule has 3 heteroatoms. The zero-order valence-corrected chi connectivity index (χ0v) is 14.2. The standard InChI is InChI=1S/C21H26N2O/c24-21(15-18-7-3-1-4-8-18)22-16-19-9-11-20(12-10-19)17-23-13-5-2-6-14-23/h1,3-4,7-12H,2,5-6,13-17H2,(H,22,24). The number of carbonyl (C=O) groups excluding carboxylic acids is 1. The number of hydrogen-bond acceptors (Lipinski definition) is 2. The quantitative estimate of drug-likeness (QED) is 0.882. The molecule has 1 aliphatic rings. The first kappa shape index (κ1) is 16.7. The van der Waals surface area contributed by atoms with E-state index >= 15 is 0 Å². The molecule has 1 saturated heterocycles. The van der Waals surface area contributed by atoms with Gasteiger partial charge in [0.15, 0.2) is 0 Å². The first-order chi connectivity index (χ1) is 11.8. The summed E-state index contributed by atoms with van der Waals surface area (Å²) in [5.41, 5.74) is 3.56. The van der Waals surface area contributed by atoms with E-state index in [-0.39, 0.29) is 5.91 Å². The van der Waals surface area contributed by atoms with E-state index in [9.17, 15) is 4.79 Å². The van der Waals surface area contributed by atoms with Crippen LogP contribution in [-0.2, 0) is 24.3 Å². The van der Waals surface area contributed by atoms with Crippen LogP contribution in [0.3, 0.4) is 0 Å². The van der Waals surface area contributed by atoms with E-state index < -0.39 is 0 Å². The normalized spacial score (nSPS) is 15.2. The number of hydrogen-bond donors (Lipinski definition) is 1. The van der Waals surface area contributed by atoms with E-state index in [1.165, 1.54) is 37.9 Å². The van der Waals surface area contributed by atoms with Crippen molar-refractivity contribution in [2.75, 3.05) is 13.1 Å². The van der Waals surface area contributed by atoms with Crippen molar-refractivity contribution < 1.29 is 4.79 Å². The number of benzene rings is 2. The van der Waals surface area contributed by atoms with E-state index in [0.29, 0.717) is 13.0 Å². The summed E-state index contributed by atoms with van der Waals surface area (Å²) in [6.07, 6.45) is 4.46. The molecule has 0 saturated carbocycles. The van der Waals surface area contributed by atoms with Gasteiger partial charge in [0.05, 0.1) is 6.42 Å². The number of amides is 1. The molecule has 0 radical (unpaired) electrons. The number of piperidine rings is 1. The summed E-state index contributed by atoms with van der Waals surface area (Å²) >= 11 is 0. The molecule has 1 N–H and O–H groups in total. The van der Waals surface area contributed by atoms with Crippen LogP contribution >= 0.6 is 0 Å². The summed E-state index contributed by atoms with van der Waals surface area (Å²) < 4.78 is 0. The third-order valence-electron chi connectivity index (χ3n) is 4.58. The van der Waals surface area contributed by atoms with Gasteiger partial charge in [0.25, 0.3) is 0 Å². The summed E-state index contributed by atoms with van der Waals surface area (Å²) in [6, 6.07) is 18.5. The van der Waals surface area contributed by atoms with E-state index in [1.54, 1.807) is 0 Å². The molecule has 0 spiro atoms. The number of nitrogens with one attached hydrogen (secondary N) is 1. The molecular formula is C21H26N2O. The molecule has 0 bridgehead atoms. The Morgan fingerprint density at radius 2 is 1.50 bits per heavy atom. The maximum atomic E-state index is 12.0. The molecule has 1 amide bonds. The van der Waals surface area contributed by atoms with E-state index in [1.807, 2.05) is 30.3 Å². The van der Waals surface area contributed by atoms with Gasteiger partial charge < -0.3 is 5.32 Å². The Morgan fingerprint density at radius 3 is 2.21 bits per heavy atom. The van der Waals surface area contributed by atoms with Gasteiger partial charge in [0, 0.05) is 13.1 Å². The van der Waals surface area contributed by atoms with E-state index in [2.05, 4.69) is 34.5 Å². The lowest BCUT2D eigenvalue weighted by Crippen LogP contribution is -2.29. The highest BCUT2D eigenvalue weighted by Crippen LogP contribution is 2.13. The van der Waals surface area contributed by atoms with Gasteiger partial charge in [-0.3, -0.25) is 9.69 Å². The lowest BCUT2D eigenvalue weighted by atomic mass is 10.1. The van der Waals surface area contributed by atoms with Crippen LogP contribution in [0, 0.1) is 0 Å². The van der Waals surface area contributed by atoms with Crippen LogP contribution in [0.4, 0.5) is 0 Å². The molecule has 1 aliphatic heterocycles.